The first-order valence-corrected chi connectivity index (χ1v) is 6.45. The van der Waals surface area contributed by atoms with E-state index in [1.54, 1.807) is 18.2 Å². The fourth-order valence-corrected chi connectivity index (χ4v) is 1.94. The number of nitrogens with zero attached hydrogens (tertiary/aromatic N) is 1. The van der Waals surface area contributed by atoms with Gasteiger partial charge in [0.1, 0.15) is 0 Å². The van der Waals surface area contributed by atoms with Crippen LogP contribution in [-0.2, 0) is 9.47 Å². The number of nitrogens with two attached hydrogens (primary N) is 1. The van der Waals surface area contributed by atoms with Gasteiger partial charge in [-0.15, -0.1) is 0 Å². The van der Waals surface area contributed by atoms with E-state index in [0.717, 1.165) is 12.2 Å². The van der Waals surface area contributed by atoms with Crippen LogP contribution in [0.4, 0.5) is 11.4 Å². The first-order valence-electron chi connectivity index (χ1n) is 6.45. The largest absolute Gasteiger partial charge is 0.465 e. The number of hydrogen-bond acceptors (Lipinski definition) is 5. The number of ether oxygens (including phenoxy) is 2. The van der Waals surface area contributed by atoms with Gasteiger partial charge >= 0.3 is 5.97 Å². The molecule has 0 radical (unpaired) electrons. The monoisotopic (exact) mass is 266 g/mol. The lowest BCUT2D eigenvalue weighted by atomic mass is 10.1. The van der Waals surface area contributed by atoms with Gasteiger partial charge in [0.15, 0.2) is 0 Å². The molecule has 0 unspecified atom stereocenters. The smallest absolute Gasteiger partial charge is 0.340 e. The average molecular weight is 266 g/mol. The third kappa shape index (κ3) is 3.86. The second-order valence-electron chi connectivity index (χ2n) is 4.01. The fraction of sp³-hybridized carbons (Fsp3) is 0.500. The Labute approximate surface area is 114 Å². The van der Waals surface area contributed by atoms with Crippen LogP contribution in [0.25, 0.3) is 0 Å². The average Bonchev–Trinajstić information content (AvgIpc) is 2.43. The highest BCUT2D eigenvalue weighted by Crippen LogP contribution is 2.28. The molecule has 0 aliphatic rings. The SMILES string of the molecule is CCOCCN(CC)c1c(N)cccc1C(=O)OC. The van der Waals surface area contributed by atoms with Crippen molar-refractivity contribution in [1.29, 1.82) is 0 Å². The van der Waals surface area contributed by atoms with Crippen molar-refractivity contribution in [3.05, 3.63) is 23.8 Å². The molecule has 1 rings (SSSR count). The van der Waals surface area contributed by atoms with Crippen LogP contribution in [-0.4, -0.2) is 39.4 Å². The van der Waals surface area contributed by atoms with E-state index >= 15 is 0 Å². The number of likely N-dealkylation sites (N-methyl/N-ethyl adjacent to an activating group) is 1. The van der Waals surface area contributed by atoms with Crippen LogP contribution >= 0.6 is 0 Å². The second-order valence-corrected chi connectivity index (χ2v) is 4.01. The minimum absolute atomic E-state index is 0.378. The Bertz CT molecular complexity index is 421. The number of hydrogen-bond donors (Lipinski definition) is 1. The van der Waals surface area contributed by atoms with Gasteiger partial charge in [-0.1, -0.05) is 6.07 Å². The highest BCUT2D eigenvalue weighted by molar-refractivity contribution is 5.99. The molecule has 0 heterocycles. The van der Waals surface area contributed by atoms with Gasteiger partial charge in [-0.25, -0.2) is 4.79 Å². The van der Waals surface area contributed by atoms with Crippen molar-refractivity contribution in [1.82, 2.24) is 0 Å². The maximum Gasteiger partial charge on any atom is 0.340 e. The maximum atomic E-state index is 11.8. The van der Waals surface area contributed by atoms with Crippen molar-refractivity contribution in [3.8, 4) is 0 Å². The van der Waals surface area contributed by atoms with Gasteiger partial charge < -0.3 is 20.1 Å². The first kappa shape index (κ1) is 15.3. The third-order valence-electron chi connectivity index (χ3n) is 2.88. The molecule has 0 aliphatic heterocycles. The summed E-state index contributed by atoms with van der Waals surface area (Å²) in [6.07, 6.45) is 0. The van der Waals surface area contributed by atoms with E-state index in [9.17, 15) is 4.79 Å². The van der Waals surface area contributed by atoms with Gasteiger partial charge in [0.25, 0.3) is 0 Å². The molecule has 106 valence electrons. The Kier molecular flexibility index (Phi) is 6.15. The van der Waals surface area contributed by atoms with E-state index in [4.69, 9.17) is 15.2 Å². The second kappa shape index (κ2) is 7.63. The number of anilines is 2. The highest BCUT2D eigenvalue weighted by Gasteiger charge is 2.18. The number of methoxy groups -OCH3 is 1. The molecule has 0 saturated carbocycles. The van der Waals surface area contributed by atoms with E-state index in [2.05, 4.69) is 0 Å². The van der Waals surface area contributed by atoms with Crippen LogP contribution in [0.1, 0.15) is 24.2 Å². The lowest BCUT2D eigenvalue weighted by Gasteiger charge is -2.26. The Morgan fingerprint density at radius 2 is 2.11 bits per heavy atom. The molecular formula is C14H22N2O3. The molecule has 2 N–H and O–H groups in total. The Morgan fingerprint density at radius 1 is 1.37 bits per heavy atom. The van der Waals surface area contributed by atoms with Crippen molar-refractivity contribution < 1.29 is 14.3 Å². The van der Waals surface area contributed by atoms with Crippen LogP contribution in [0.15, 0.2) is 18.2 Å². The number of carbonyl (C=O) groups excluding carboxylic acids is 1. The quantitative estimate of drug-likeness (QED) is 0.464. The molecule has 1 aromatic carbocycles. The van der Waals surface area contributed by atoms with Gasteiger partial charge in [0, 0.05) is 19.7 Å². The summed E-state index contributed by atoms with van der Waals surface area (Å²) < 4.78 is 10.2. The molecule has 0 aliphatic carbocycles. The summed E-state index contributed by atoms with van der Waals surface area (Å²) in [5.41, 5.74) is 7.78. The topological polar surface area (TPSA) is 64.8 Å². The van der Waals surface area contributed by atoms with Crippen molar-refractivity contribution in [2.45, 2.75) is 13.8 Å². The molecule has 0 saturated heterocycles. The van der Waals surface area contributed by atoms with Crippen LogP contribution in [0, 0.1) is 0 Å². The highest BCUT2D eigenvalue weighted by atomic mass is 16.5. The number of carbonyl (C=O) groups is 1. The summed E-state index contributed by atoms with van der Waals surface area (Å²) >= 11 is 0. The van der Waals surface area contributed by atoms with Crippen LogP contribution in [0.5, 0.6) is 0 Å². The van der Waals surface area contributed by atoms with E-state index in [-0.39, 0.29) is 5.97 Å². The Hall–Kier alpha value is -1.75. The predicted octanol–water partition coefficient (Wildman–Crippen LogP) is 1.92. The summed E-state index contributed by atoms with van der Waals surface area (Å²) in [5, 5.41) is 0. The Morgan fingerprint density at radius 3 is 2.68 bits per heavy atom. The standard InChI is InChI=1S/C14H22N2O3/c1-4-16(9-10-19-5-2)13-11(14(17)18-3)7-6-8-12(13)15/h6-8H,4-5,9-10,15H2,1-3H3. The summed E-state index contributed by atoms with van der Waals surface area (Å²) in [6.45, 7) is 6.66. The molecule has 0 spiro atoms. The van der Waals surface area contributed by atoms with Crippen LogP contribution in [0.2, 0.25) is 0 Å². The zero-order valence-electron chi connectivity index (χ0n) is 11.8. The molecule has 0 bridgehead atoms. The summed E-state index contributed by atoms with van der Waals surface area (Å²) in [5.74, 6) is -0.378. The zero-order valence-corrected chi connectivity index (χ0v) is 11.8. The van der Waals surface area contributed by atoms with Crippen molar-refractivity contribution in [2.24, 2.45) is 0 Å². The molecule has 19 heavy (non-hydrogen) atoms. The van der Waals surface area contributed by atoms with Gasteiger partial charge in [-0.3, -0.25) is 0 Å². The van der Waals surface area contributed by atoms with Crippen LogP contribution < -0.4 is 10.6 Å². The number of benzene rings is 1. The minimum Gasteiger partial charge on any atom is -0.465 e. The molecule has 0 atom stereocenters. The predicted molar refractivity (Wildman–Crippen MR) is 76.6 cm³/mol. The summed E-state index contributed by atoms with van der Waals surface area (Å²) in [7, 11) is 1.37. The zero-order chi connectivity index (χ0) is 14.3. The number of nitrogen functional groups attached to an aromatic ring is 1. The van der Waals surface area contributed by atoms with Gasteiger partial charge in [-0.2, -0.15) is 0 Å². The number of rotatable bonds is 7. The normalized spacial score (nSPS) is 10.3. The van der Waals surface area contributed by atoms with Gasteiger partial charge in [0.2, 0.25) is 0 Å². The molecule has 5 heteroatoms. The molecule has 0 aromatic heterocycles. The van der Waals surface area contributed by atoms with Gasteiger partial charge in [-0.05, 0) is 26.0 Å². The fourth-order valence-electron chi connectivity index (χ4n) is 1.94. The molecular weight excluding hydrogens is 244 g/mol. The Balaban J connectivity index is 3.03. The summed E-state index contributed by atoms with van der Waals surface area (Å²) in [6, 6.07) is 5.26. The first-order chi connectivity index (χ1) is 9.15. The van der Waals surface area contributed by atoms with Crippen molar-refractivity contribution in [2.75, 3.05) is 44.0 Å². The summed E-state index contributed by atoms with van der Waals surface area (Å²) in [4.78, 5) is 13.8. The lowest BCUT2D eigenvalue weighted by Crippen LogP contribution is -2.29. The minimum atomic E-state index is -0.378. The van der Waals surface area contributed by atoms with E-state index in [0.29, 0.717) is 31.0 Å². The van der Waals surface area contributed by atoms with E-state index in [1.807, 2.05) is 18.7 Å². The lowest BCUT2D eigenvalue weighted by molar-refractivity contribution is 0.0601. The maximum absolute atomic E-state index is 11.8. The molecule has 1 aromatic rings. The van der Waals surface area contributed by atoms with E-state index in [1.165, 1.54) is 7.11 Å². The van der Waals surface area contributed by atoms with E-state index < -0.39 is 0 Å². The van der Waals surface area contributed by atoms with Crippen molar-refractivity contribution in [3.63, 3.8) is 0 Å². The third-order valence-corrected chi connectivity index (χ3v) is 2.88. The molecule has 0 fully saturated rings. The number of para-hydroxylation sites is 1. The molecule has 0 amide bonds. The number of esters is 1. The van der Waals surface area contributed by atoms with Gasteiger partial charge in [0.05, 0.1) is 30.7 Å². The molecule has 5 nitrogen and oxygen atoms in total. The van der Waals surface area contributed by atoms with Crippen molar-refractivity contribution >= 4 is 17.3 Å². The van der Waals surface area contributed by atoms with Crippen LogP contribution in [0.3, 0.4) is 0 Å².